The molecule has 1 aromatic carbocycles. The molecule has 2 heterocycles. The molecule has 1 atom stereocenters. The first-order chi connectivity index (χ1) is 9.79. The fourth-order valence-corrected chi connectivity index (χ4v) is 3.05. The fourth-order valence-electron chi connectivity index (χ4n) is 2.78. The van der Waals surface area contributed by atoms with Gasteiger partial charge < -0.3 is 9.47 Å². The summed E-state index contributed by atoms with van der Waals surface area (Å²) in [6.07, 6.45) is 3.14. The second kappa shape index (κ2) is 5.90. The molecule has 3 rings (SSSR count). The summed E-state index contributed by atoms with van der Waals surface area (Å²) >= 11 is 6.29. The van der Waals surface area contributed by atoms with Gasteiger partial charge >= 0.3 is 0 Å². The van der Waals surface area contributed by atoms with Crippen LogP contribution in [-0.2, 0) is 0 Å². The molecule has 0 bridgehead atoms. The zero-order valence-corrected chi connectivity index (χ0v) is 12.0. The average molecular weight is 293 g/mol. The highest BCUT2D eigenvalue weighted by Gasteiger charge is 2.26. The normalized spacial score (nSPS) is 20.2. The molecule has 2 aliphatic rings. The van der Waals surface area contributed by atoms with Crippen LogP contribution in [0.15, 0.2) is 12.1 Å². The van der Waals surface area contributed by atoms with Crippen LogP contribution in [0.3, 0.4) is 0 Å². The molecule has 0 amide bonds. The average Bonchev–Trinajstić information content (AvgIpc) is 2.85. The van der Waals surface area contributed by atoms with E-state index >= 15 is 0 Å². The van der Waals surface area contributed by atoms with Crippen LogP contribution in [0, 0.1) is 11.3 Å². The van der Waals surface area contributed by atoms with E-state index in [-0.39, 0.29) is 6.04 Å². The lowest BCUT2D eigenvalue weighted by Crippen LogP contribution is -2.24. The second-order valence-corrected chi connectivity index (χ2v) is 5.56. The predicted molar refractivity (Wildman–Crippen MR) is 76.2 cm³/mol. The second-order valence-electron chi connectivity index (χ2n) is 5.16. The first kappa shape index (κ1) is 13.5. The molecule has 0 radical (unpaired) electrons. The van der Waals surface area contributed by atoms with Crippen molar-refractivity contribution in [2.75, 3.05) is 26.3 Å². The zero-order chi connectivity index (χ0) is 13.9. The number of halogens is 1. The molecule has 0 aliphatic carbocycles. The van der Waals surface area contributed by atoms with Crippen LogP contribution in [0.25, 0.3) is 0 Å². The molecule has 5 heteroatoms. The maximum atomic E-state index is 9.48. The number of rotatable bonds is 2. The van der Waals surface area contributed by atoms with Gasteiger partial charge in [0.2, 0.25) is 0 Å². The van der Waals surface area contributed by atoms with Gasteiger partial charge in [-0.15, -0.1) is 0 Å². The van der Waals surface area contributed by atoms with E-state index in [2.05, 4.69) is 11.0 Å². The molecule has 2 aliphatic heterocycles. The fraction of sp³-hybridized carbons (Fsp3) is 0.533. The van der Waals surface area contributed by atoms with Crippen molar-refractivity contribution in [3.63, 3.8) is 0 Å². The number of likely N-dealkylation sites (tertiary alicyclic amines) is 1. The van der Waals surface area contributed by atoms with Crippen LogP contribution >= 0.6 is 11.6 Å². The van der Waals surface area contributed by atoms with Crippen molar-refractivity contribution in [1.82, 2.24) is 4.90 Å². The van der Waals surface area contributed by atoms with Gasteiger partial charge in [0, 0.05) is 6.42 Å². The van der Waals surface area contributed by atoms with E-state index < -0.39 is 0 Å². The van der Waals surface area contributed by atoms with Gasteiger partial charge in [-0.3, -0.25) is 4.90 Å². The summed E-state index contributed by atoms with van der Waals surface area (Å²) in [5, 5.41) is 10.0. The topological polar surface area (TPSA) is 45.5 Å². The SMILES string of the molecule is N#CC(c1cc(Cl)c2c(c1)OCCCO2)N1CCCC1. The Balaban J connectivity index is 1.95. The molecule has 4 nitrogen and oxygen atoms in total. The van der Waals surface area contributed by atoms with Gasteiger partial charge in [-0.1, -0.05) is 11.6 Å². The van der Waals surface area contributed by atoms with Gasteiger partial charge in [0.05, 0.1) is 24.3 Å². The minimum Gasteiger partial charge on any atom is -0.489 e. The molecule has 1 unspecified atom stereocenters. The molecule has 1 aromatic rings. The number of nitriles is 1. The van der Waals surface area contributed by atoms with Gasteiger partial charge in [0.25, 0.3) is 0 Å². The van der Waals surface area contributed by atoms with Crippen molar-refractivity contribution in [3.8, 4) is 17.6 Å². The lowest BCUT2D eigenvalue weighted by Gasteiger charge is -2.22. The Morgan fingerprint density at radius 3 is 2.65 bits per heavy atom. The largest absolute Gasteiger partial charge is 0.489 e. The van der Waals surface area contributed by atoms with E-state index in [1.165, 1.54) is 0 Å². The van der Waals surface area contributed by atoms with Crippen LogP contribution in [0.5, 0.6) is 11.5 Å². The lowest BCUT2D eigenvalue weighted by molar-refractivity contribution is 0.291. The van der Waals surface area contributed by atoms with Gasteiger partial charge in [0.1, 0.15) is 6.04 Å². The monoisotopic (exact) mass is 292 g/mol. The van der Waals surface area contributed by atoms with Crippen molar-refractivity contribution in [2.45, 2.75) is 25.3 Å². The third kappa shape index (κ3) is 2.56. The van der Waals surface area contributed by atoms with Gasteiger partial charge in [-0.05, 0) is 43.6 Å². The summed E-state index contributed by atoms with van der Waals surface area (Å²) in [5.74, 6) is 1.26. The van der Waals surface area contributed by atoms with Gasteiger partial charge in [0.15, 0.2) is 11.5 Å². The molecular formula is C15H17ClN2O2. The molecule has 1 saturated heterocycles. The first-order valence-corrected chi connectivity index (χ1v) is 7.40. The molecule has 0 N–H and O–H groups in total. The predicted octanol–water partition coefficient (Wildman–Crippen LogP) is 3.16. The minimum atomic E-state index is -0.257. The smallest absolute Gasteiger partial charge is 0.179 e. The molecule has 0 aromatic heterocycles. The summed E-state index contributed by atoms with van der Waals surface area (Å²) in [6.45, 7) is 3.15. The highest BCUT2D eigenvalue weighted by atomic mass is 35.5. The number of ether oxygens (including phenoxy) is 2. The van der Waals surface area contributed by atoms with Crippen molar-refractivity contribution < 1.29 is 9.47 Å². The van der Waals surface area contributed by atoms with Gasteiger partial charge in [-0.2, -0.15) is 5.26 Å². The minimum absolute atomic E-state index is 0.257. The molecule has 1 fully saturated rings. The molecule has 20 heavy (non-hydrogen) atoms. The van der Waals surface area contributed by atoms with Crippen molar-refractivity contribution in [2.24, 2.45) is 0 Å². The zero-order valence-electron chi connectivity index (χ0n) is 11.3. The third-order valence-corrected chi connectivity index (χ3v) is 4.05. The van der Waals surface area contributed by atoms with Gasteiger partial charge in [-0.25, -0.2) is 0 Å². The molecule has 0 spiro atoms. The summed E-state index contributed by atoms with van der Waals surface area (Å²) in [5.41, 5.74) is 0.892. The van der Waals surface area contributed by atoms with Crippen LogP contribution in [0.1, 0.15) is 30.9 Å². The van der Waals surface area contributed by atoms with Crippen LogP contribution in [0.4, 0.5) is 0 Å². The number of hydrogen-bond acceptors (Lipinski definition) is 4. The molecule has 0 saturated carbocycles. The number of hydrogen-bond donors (Lipinski definition) is 0. The third-order valence-electron chi connectivity index (χ3n) is 3.77. The van der Waals surface area contributed by atoms with E-state index in [4.69, 9.17) is 21.1 Å². The highest BCUT2D eigenvalue weighted by Crippen LogP contribution is 2.40. The molecule has 106 valence electrons. The number of nitrogens with zero attached hydrogens (tertiary/aromatic N) is 2. The first-order valence-electron chi connectivity index (χ1n) is 7.02. The number of benzene rings is 1. The Morgan fingerprint density at radius 1 is 1.15 bits per heavy atom. The van der Waals surface area contributed by atoms with E-state index in [0.29, 0.717) is 29.7 Å². The summed E-state index contributed by atoms with van der Waals surface area (Å²) in [7, 11) is 0. The Bertz CT molecular complexity index is 535. The summed E-state index contributed by atoms with van der Waals surface area (Å²) < 4.78 is 11.3. The maximum Gasteiger partial charge on any atom is 0.179 e. The Kier molecular flexibility index (Phi) is 4.00. The Labute approximate surface area is 123 Å². The number of fused-ring (bicyclic) bond motifs is 1. The van der Waals surface area contributed by atoms with Crippen LogP contribution in [-0.4, -0.2) is 31.2 Å². The van der Waals surface area contributed by atoms with Crippen molar-refractivity contribution >= 4 is 11.6 Å². The highest BCUT2D eigenvalue weighted by molar-refractivity contribution is 6.32. The summed E-state index contributed by atoms with van der Waals surface area (Å²) in [6, 6.07) is 5.86. The van der Waals surface area contributed by atoms with E-state index in [1.807, 2.05) is 12.1 Å². The summed E-state index contributed by atoms with van der Waals surface area (Å²) in [4.78, 5) is 2.19. The van der Waals surface area contributed by atoms with E-state index in [1.54, 1.807) is 0 Å². The Hall–Kier alpha value is -1.44. The molecular weight excluding hydrogens is 276 g/mol. The van der Waals surface area contributed by atoms with Crippen molar-refractivity contribution in [1.29, 1.82) is 5.26 Å². The van der Waals surface area contributed by atoms with E-state index in [0.717, 1.165) is 37.9 Å². The van der Waals surface area contributed by atoms with E-state index in [9.17, 15) is 5.26 Å². The lowest BCUT2D eigenvalue weighted by atomic mass is 10.1. The van der Waals surface area contributed by atoms with Crippen LogP contribution in [0.2, 0.25) is 5.02 Å². The van der Waals surface area contributed by atoms with Crippen LogP contribution < -0.4 is 9.47 Å². The van der Waals surface area contributed by atoms with Crippen molar-refractivity contribution in [3.05, 3.63) is 22.7 Å². The maximum absolute atomic E-state index is 9.48. The Morgan fingerprint density at radius 2 is 1.90 bits per heavy atom. The standard InChI is InChI=1S/C15H17ClN2O2/c16-12-8-11(13(10-17)18-4-1-2-5-18)9-14-15(12)20-7-3-6-19-14/h8-9,13H,1-7H2. The quantitative estimate of drug-likeness (QED) is 0.840.